The number of carbonyl (C=O) groups is 1. The first-order valence-electron chi connectivity index (χ1n) is 7.10. The molecule has 2 heterocycles. The third kappa shape index (κ3) is 3.49. The Morgan fingerprint density at radius 2 is 2.12 bits per heavy atom. The Labute approximate surface area is 141 Å². The molecule has 0 aliphatic heterocycles. The fraction of sp³-hybridized carbons (Fsp3) is 0.125. The summed E-state index contributed by atoms with van der Waals surface area (Å²) in [5.41, 5.74) is 1.62. The van der Waals surface area contributed by atoms with E-state index < -0.39 is 5.91 Å². The van der Waals surface area contributed by atoms with Crippen LogP contribution >= 0.6 is 11.3 Å². The molecular weight excluding hydrogens is 328 g/mol. The highest BCUT2D eigenvalue weighted by atomic mass is 32.1. The molecule has 7 nitrogen and oxygen atoms in total. The van der Waals surface area contributed by atoms with Gasteiger partial charge in [-0.15, -0.1) is 21.6 Å². The quantitative estimate of drug-likeness (QED) is 0.416. The predicted octanol–water partition coefficient (Wildman–Crippen LogP) is 3.99. The number of nitrogens with one attached hydrogen (secondary N) is 1. The van der Waals surface area contributed by atoms with E-state index in [1.54, 1.807) is 19.1 Å². The summed E-state index contributed by atoms with van der Waals surface area (Å²) < 4.78 is 0. The van der Waals surface area contributed by atoms with Gasteiger partial charge in [0, 0.05) is 5.39 Å². The number of aromatic nitrogens is 1. The molecular formula is C16H14N4O3S. The van der Waals surface area contributed by atoms with Crippen molar-refractivity contribution in [1.29, 1.82) is 0 Å². The van der Waals surface area contributed by atoms with Crippen molar-refractivity contribution in [2.45, 2.75) is 6.92 Å². The van der Waals surface area contributed by atoms with Gasteiger partial charge in [0.15, 0.2) is 12.3 Å². The number of hydrogen-bond donors (Lipinski definition) is 2. The van der Waals surface area contributed by atoms with Gasteiger partial charge in [0.2, 0.25) is 5.88 Å². The second kappa shape index (κ2) is 7.05. The molecule has 0 radical (unpaired) electrons. The molecule has 0 unspecified atom stereocenters. The molecule has 0 saturated carbocycles. The van der Waals surface area contributed by atoms with Gasteiger partial charge in [-0.2, -0.15) is 0 Å². The van der Waals surface area contributed by atoms with Gasteiger partial charge in [-0.25, -0.2) is 0 Å². The summed E-state index contributed by atoms with van der Waals surface area (Å²) in [4.78, 5) is 20.4. The van der Waals surface area contributed by atoms with Crippen LogP contribution in [0, 0.1) is 0 Å². The third-order valence-corrected chi connectivity index (χ3v) is 4.17. The molecule has 122 valence electrons. The number of aromatic hydroxyl groups is 1. The Kier molecular flexibility index (Phi) is 4.66. The van der Waals surface area contributed by atoms with Crippen molar-refractivity contribution in [3.63, 3.8) is 0 Å². The van der Waals surface area contributed by atoms with Crippen molar-refractivity contribution in [2.75, 3.05) is 6.61 Å². The van der Waals surface area contributed by atoms with Crippen molar-refractivity contribution in [1.82, 2.24) is 4.98 Å². The van der Waals surface area contributed by atoms with E-state index in [0.29, 0.717) is 16.6 Å². The van der Waals surface area contributed by atoms with Gasteiger partial charge in [-0.1, -0.05) is 29.4 Å². The summed E-state index contributed by atoms with van der Waals surface area (Å²) in [6.45, 7) is 1.47. The molecule has 0 aliphatic carbocycles. The Hall–Kier alpha value is -3.00. The summed E-state index contributed by atoms with van der Waals surface area (Å²) in [7, 11) is 0. The zero-order chi connectivity index (χ0) is 16.9. The Bertz CT molecular complexity index is 913. The van der Waals surface area contributed by atoms with Crippen molar-refractivity contribution in [2.24, 2.45) is 15.4 Å². The molecule has 1 amide bonds. The van der Waals surface area contributed by atoms with Crippen LogP contribution in [-0.4, -0.2) is 28.3 Å². The number of aromatic amines is 1. The Morgan fingerprint density at radius 1 is 1.29 bits per heavy atom. The van der Waals surface area contributed by atoms with Gasteiger partial charge >= 0.3 is 5.91 Å². The number of para-hydroxylation sites is 1. The maximum Gasteiger partial charge on any atom is 0.304 e. The van der Waals surface area contributed by atoms with Gasteiger partial charge in [-0.3, -0.25) is 4.79 Å². The molecule has 2 N–H and O–H groups in total. The molecule has 0 atom stereocenters. The Morgan fingerprint density at radius 3 is 2.92 bits per heavy atom. The topological polar surface area (TPSA) is 99.4 Å². The minimum atomic E-state index is -0.595. The van der Waals surface area contributed by atoms with Crippen LogP contribution in [0.1, 0.15) is 11.8 Å². The van der Waals surface area contributed by atoms with Crippen LogP contribution in [0.5, 0.6) is 5.88 Å². The molecule has 0 saturated heterocycles. The largest absolute Gasteiger partial charge is 0.493 e. The summed E-state index contributed by atoms with van der Waals surface area (Å²) >= 11 is 1.53. The van der Waals surface area contributed by atoms with E-state index in [-0.39, 0.29) is 18.2 Å². The number of rotatable bonds is 5. The normalized spacial score (nSPS) is 12.1. The molecule has 3 aromatic rings. The van der Waals surface area contributed by atoms with Crippen LogP contribution < -0.4 is 0 Å². The molecule has 0 bridgehead atoms. The van der Waals surface area contributed by atoms with Crippen LogP contribution in [0.15, 0.2) is 57.2 Å². The van der Waals surface area contributed by atoms with Crippen LogP contribution in [0.25, 0.3) is 10.9 Å². The van der Waals surface area contributed by atoms with Crippen LogP contribution in [-0.2, 0) is 9.63 Å². The van der Waals surface area contributed by atoms with Gasteiger partial charge in [-0.05, 0) is 24.4 Å². The molecule has 0 spiro atoms. The number of oxime groups is 1. The summed E-state index contributed by atoms with van der Waals surface area (Å²) in [6.07, 6.45) is 0. The fourth-order valence-electron chi connectivity index (χ4n) is 2.06. The summed E-state index contributed by atoms with van der Waals surface area (Å²) in [6, 6.07) is 11.0. The SMILES string of the molecule is C/C(=N\OCC(=O)N=Nc1c(O)[nH]c2ccccc12)c1cccs1. The fourth-order valence-corrected chi connectivity index (χ4v) is 2.73. The standard InChI is InChI=1S/C16H14N4O3S/c1-10(13-7-4-8-24-13)20-23-9-14(21)18-19-15-11-5-2-3-6-12(11)17-16(15)22/h2-8,17,22H,9H2,1H3/b19-18?,20-10+. The molecule has 24 heavy (non-hydrogen) atoms. The number of hydrogen-bond acceptors (Lipinski definition) is 6. The highest BCUT2D eigenvalue weighted by Crippen LogP contribution is 2.35. The van der Waals surface area contributed by atoms with E-state index >= 15 is 0 Å². The second-order valence-electron chi connectivity index (χ2n) is 4.89. The predicted molar refractivity (Wildman–Crippen MR) is 92.0 cm³/mol. The van der Waals surface area contributed by atoms with E-state index in [1.807, 2.05) is 29.6 Å². The first-order chi connectivity index (χ1) is 11.6. The highest BCUT2D eigenvalue weighted by Gasteiger charge is 2.10. The maximum absolute atomic E-state index is 11.7. The van der Waals surface area contributed by atoms with Crippen molar-refractivity contribution in [3.8, 4) is 5.88 Å². The zero-order valence-corrected chi connectivity index (χ0v) is 13.6. The van der Waals surface area contributed by atoms with E-state index in [2.05, 4.69) is 20.4 Å². The van der Waals surface area contributed by atoms with Crippen molar-refractivity contribution >= 4 is 39.5 Å². The minimum absolute atomic E-state index is 0.139. The monoisotopic (exact) mass is 342 g/mol. The summed E-state index contributed by atoms with van der Waals surface area (Å²) in [5.74, 6) is -0.734. The van der Waals surface area contributed by atoms with Crippen LogP contribution in [0.3, 0.4) is 0 Å². The number of nitrogens with zero attached hydrogens (tertiary/aromatic N) is 3. The van der Waals surface area contributed by atoms with Gasteiger partial charge < -0.3 is 14.9 Å². The minimum Gasteiger partial charge on any atom is -0.493 e. The van der Waals surface area contributed by atoms with E-state index in [4.69, 9.17) is 4.84 Å². The molecule has 8 heteroatoms. The average molecular weight is 342 g/mol. The molecule has 1 aromatic carbocycles. The lowest BCUT2D eigenvalue weighted by molar-refractivity contribution is -0.122. The van der Waals surface area contributed by atoms with Gasteiger partial charge in [0.05, 0.1) is 16.1 Å². The lowest BCUT2D eigenvalue weighted by atomic mass is 10.2. The van der Waals surface area contributed by atoms with E-state index in [0.717, 1.165) is 4.88 Å². The smallest absolute Gasteiger partial charge is 0.304 e. The average Bonchev–Trinajstić information content (AvgIpc) is 3.20. The van der Waals surface area contributed by atoms with Gasteiger partial charge in [0.1, 0.15) is 0 Å². The second-order valence-corrected chi connectivity index (χ2v) is 5.84. The number of H-pyrrole nitrogens is 1. The van der Waals surface area contributed by atoms with Crippen LogP contribution in [0.2, 0.25) is 0 Å². The molecule has 0 fully saturated rings. The van der Waals surface area contributed by atoms with Crippen LogP contribution in [0.4, 0.5) is 5.69 Å². The lowest BCUT2D eigenvalue weighted by Gasteiger charge is -1.97. The number of azo groups is 1. The van der Waals surface area contributed by atoms with Gasteiger partial charge in [0.25, 0.3) is 0 Å². The third-order valence-electron chi connectivity index (χ3n) is 3.19. The van der Waals surface area contributed by atoms with Crippen molar-refractivity contribution < 1.29 is 14.7 Å². The van der Waals surface area contributed by atoms with E-state index in [9.17, 15) is 9.90 Å². The maximum atomic E-state index is 11.7. The first-order valence-corrected chi connectivity index (χ1v) is 7.98. The molecule has 3 rings (SSSR count). The summed E-state index contributed by atoms with van der Waals surface area (Å²) in [5, 5.41) is 23.7. The lowest BCUT2D eigenvalue weighted by Crippen LogP contribution is -2.03. The Balaban J connectivity index is 1.63. The number of amides is 1. The number of carbonyl (C=O) groups excluding carboxylic acids is 1. The van der Waals surface area contributed by atoms with Crippen molar-refractivity contribution in [3.05, 3.63) is 46.7 Å². The number of benzene rings is 1. The highest BCUT2D eigenvalue weighted by molar-refractivity contribution is 7.12. The number of thiophene rings is 1. The number of fused-ring (bicyclic) bond motifs is 1. The van der Waals surface area contributed by atoms with E-state index in [1.165, 1.54) is 11.3 Å². The first kappa shape index (κ1) is 15.9. The molecule has 2 aromatic heterocycles. The molecule has 0 aliphatic rings. The zero-order valence-electron chi connectivity index (χ0n) is 12.8.